The third-order valence-electron chi connectivity index (χ3n) is 7.78. The first-order valence-corrected chi connectivity index (χ1v) is 13.2. The molecule has 39 heavy (non-hydrogen) atoms. The van der Waals surface area contributed by atoms with Crippen molar-refractivity contribution in [2.45, 2.75) is 38.3 Å². The Hall–Kier alpha value is -4.08. The van der Waals surface area contributed by atoms with E-state index >= 15 is 0 Å². The zero-order valence-electron chi connectivity index (χ0n) is 22.2. The summed E-state index contributed by atoms with van der Waals surface area (Å²) >= 11 is 0. The number of aliphatic hydroxyl groups is 1. The SMILES string of the molecule is Cn1nnc(C(=O)O)c1-c1cnc2c3ccc(C(C)(C)O)cc3n(C(c3ccccc3)C3CCOCC3)c2c1. The normalized spacial score (nSPS) is 15.7. The molecule has 9 nitrogen and oxygen atoms in total. The van der Waals surface area contributed by atoms with Gasteiger partial charge in [0.15, 0.2) is 5.69 Å². The van der Waals surface area contributed by atoms with Crippen molar-refractivity contribution < 1.29 is 19.7 Å². The van der Waals surface area contributed by atoms with Gasteiger partial charge in [0.05, 0.1) is 28.2 Å². The number of benzene rings is 2. The van der Waals surface area contributed by atoms with Gasteiger partial charge >= 0.3 is 5.97 Å². The van der Waals surface area contributed by atoms with Crippen molar-refractivity contribution in [2.24, 2.45) is 13.0 Å². The third-order valence-corrected chi connectivity index (χ3v) is 7.78. The fourth-order valence-electron chi connectivity index (χ4n) is 5.85. The summed E-state index contributed by atoms with van der Waals surface area (Å²) in [6.07, 6.45) is 3.51. The van der Waals surface area contributed by atoms with Gasteiger partial charge in [0.25, 0.3) is 0 Å². The summed E-state index contributed by atoms with van der Waals surface area (Å²) in [7, 11) is 1.68. The van der Waals surface area contributed by atoms with E-state index in [1.165, 1.54) is 10.2 Å². The monoisotopic (exact) mass is 525 g/mol. The number of ether oxygens (including phenoxy) is 1. The molecule has 1 atom stereocenters. The molecule has 0 amide bonds. The van der Waals surface area contributed by atoms with Gasteiger partial charge in [-0.3, -0.25) is 4.98 Å². The number of rotatable bonds is 6. The van der Waals surface area contributed by atoms with Crippen LogP contribution in [0.1, 0.15) is 54.3 Å². The molecule has 4 heterocycles. The third kappa shape index (κ3) is 4.37. The Kier molecular flexibility index (Phi) is 6.20. The molecule has 0 bridgehead atoms. The second kappa shape index (κ2) is 9.59. The Morgan fingerprint density at radius 1 is 1.08 bits per heavy atom. The van der Waals surface area contributed by atoms with Crippen LogP contribution in [0.4, 0.5) is 0 Å². The first-order valence-electron chi connectivity index (χ1n) is 13.2. The van der Waals surface area contributed by atoms with Gasteiger partial charge in [0, 0.05) is 37.4 Å². The molecule has 2 N–H and O–H groups in total. The predicted molar refractivity (Wildman–Crippen MR) is 148 cm³/mol. The summed E-state index contributed by atoms with van der Waals surface area (Å²) in [5.41, 5.74) is 4.53. The summed E-state index contributed by atoms with van der Waals surface area (Å²) in [6, 6.07) is 18.4. The van der Waals surface area contributed by atoms with E-state index in [4.69, 9.17) is 9.72 Å². The molecule has 1 fully saturated rings. The first kappa shape index (κ1) is 25.2. The van der Waals surface area contributed by atoms with Crippen molar-refractivity contribution in [1.29, 1.82) is 0 Å². The van der Waals surface area contributed by atoms with Crippen molar-refractivity contribution >= 4 is 27.9 Å². The van der Waals surface area contributed by atoms with Gasteiger partial charge in [0.2, 0.25) is 0 Å². The lowest BCUT2D eigenvalue weighted by Crippen LogP contribution is -2.27. The molecule has 5 aromatic rings. The summed E-state index contributed by atoms with van der Waals surface area (Å²) in [6.45, 7) is 4.97. The second-order valence-corrected chi connectivity index (χ2v) is 10.8. The molecule has 0 aliphatic carbocycles. The van der Waals surface area contributed by atoms with Gasteiger partial charge < -0.3 is 19.5 Å². The quantitative estimate of drug-likeness (QED) is 0.323. The summed E-state index contributed by atoms with van der Waals surface area (Å²) in [5.74, 6) is -0.833. The standard InChI is InChI=1S/C30H31N5O4/c1-30(2,38)21-9-10-22-23(16-21)35(27(18-7-5-4-6-8-18)19-11-13-39-14-12-19)24-15-20(17-31-25(22)24)28-26(29(36)37)32-33-34(28)3/h4-10,15-17,19,27,38H,11-14H2,1-3H3,(H,36,37). The van der Waals surface area contributed by atoms with E-state index in [1.54, 1.807) is 27.1 Å². The highest BCUT2D eigenvalue weighted by Gasteiger charge is 2.31. The van der Waals surface area contributed by atoms with Crippen LogP contribution in [0.3, 0.4) is 0 Å². The average Bonchev–Trinajstić information content (AvgIpc) is 3.47. The van der Waals surface area contributed by atoms with E-state index in [9.17, 15) is 15.0 Å². The molecule has 200 valence electrons. The van der Waals surface area contributed by atoms with Crippen LogP contribution < -0.4 is 0 Å². The zero-order valence-corrected chi connectivity index (χ0v) is 22.2. The molecule has 3 aromatic heterocycles. The second-order valence-electron chi connectivity index (χ2n) is 10.8. The number of carboxylic acid groups (broad SMARTS) is 1. The van der Waals surface area contributed by atoms with E-state index in [-0.39, 0.29) is 11.7 Å². The van der Waals surface area contributed by atoms with Crippen LogP contribution in [0.25, 0.3) is 33.2 Å². The number of aromatic carboxylic acids is 1. The number of fused-ring (bicyclic) bond motifs is 3. The highest BCUT2D eigenvalue weighted by atomic mass is 16.5. The molecule has 9 heteroatoms. The average molecular weight is 526 g/mol. The van der Waals surface area contributed by atoms with Crippen LogP contribution >= 0.6 is 0 Å². The van der Waals surface area contributed by atoms with Crippen LogP contribution in [0, 0.1) is 5.92 Å². The number of aryl methyl sites for hydroxylation is 1. The maximum Gasteiger partial charge on any atom is 0.358 e. The van der Waals surface area contributed by atoms with Crippen molar-refractivity contribution in [3.05, 3.63) is 77.6 Å². The Morgan fingerprint density at radius 2 is 1.82 bits per heavy atom. The lowest BCUT2D eigenvalue weighted by Gasteiger charge is -2.33. The van der Waals surface area contributed by atoms with Crippen LogP contribution in [-0.2, 0) is 17.4 Å². The topological polar surface area (TPSA) is 115 Å². The van der Waals surface area contributed by atoms with Gasteiger partial charge in [-0.2, -0.15) is 0 Å². The van der Waals surface area contributed by atoms with Crippen molar-refractivity contribution in [3.8, 4) is 11.3 Å². The fourth-order valence-corrected chi connectivity index (χ4v) is 5.85. The number of aromatic nitrogens is 5. The first-order chi connectivity index (χ1) is 18.7. The lowest BCUT2D eigenvalue weighted by atomic mass is 9.86. The van der Waals surface area contributed by atoms with Gasteiger partial charge in [-0.1, -0.05) is 47.7 Å². The van der Waals surface area contributed by atoms with Crippen LogP contribution in [0.2, 0.25) is 0 Å². The molecule has 0 spiro atoms. The van der Waals surface area contributed by atoms with Crippen LogP contribution in [0.5, 0.6) is 0 Å². The number of carboxylic acids is 1. The summed E-state index contributed by atoms with van der Waals surface area (Å²) in [5, 5.41) is 29.5. The van der Waals surface area contributed by atoms with Crippen LogP contribution in [-0.4, -0.2) is 53.9 Å². The molecule has 0 saturated carbocycles. The van der Waals surface area contributed by atoms with Gasteiger partial charge in [-0.25, -0.2) is 9.48 Å². The maximum absolute atomic E-state index is 11.9. The van der Waals surface area contributed by atoms with E-state index in [0.717, 1.165) is 40.3 Å². The van der Waals surface area contributed by atoms with Gasteiger partial charge in [-0.05, 0) is 55.9 Å². The number of nitrogens with zero attached hydrogens (tertiary/aromatic N) is 5. The number of carbonyl (C=O) groups is 1. The predicted octanol–water partition coefficient (Wildman–Crippen LogP) is 4.93. The van der Waals surface area contributed by atoms with E-state index in [2.05, 4.69) is 45.2 Å². The molecule has 6 rings (SSSR count). The molecule has 0 radical (unpaired) electrons. The summed E-state index contributed by atoms with van der Waals surface area (Å²) < 4.78 is 9.53. The summed E-state index contributed by atoms with van der Waals surface area (Å²) in [4.78, 5) is 16.8. The highest BCUT2D eigenvalue weighted by molar-refractivity contribution is 6.07. The Bertz CT molecular complexity index is 1680. The molecular weight excluding hydrogens is 494 g/mol. The molecule has 1 aliphatic rings. The Balaban J connectivity index is 1.69. The fraction of sp³-hybridized carbons (Fsp3) is 0.333. The van der Waals surface area contributed by atoms with Crippen molar-refractivity contribution in [1.82, 2.24) is 24.5 Å². The smallest absolute Gasteiger partial charge is 0.358 e. The molecule has 1 aliphatic heterocycles. The van der Waals surface area contributed by atoms with Crippen molar-refractivity contribution in [3.63, 3.8) is 0 Å². The minimum Gasteiger partial charge on any atom is -0.476 e. The van der Waals surface area contributed by atoms with E-state index in [0.29, 0.717) is 30.4 Å². The molecule has 2 aromatic carbocycles. The largest absolute Gasteiger partial charge is 0.476 e. The number of pyridine rings is 1. The lowest BCUT2D eigenvalue weighted by molar-refractivity contribution is 0.0552. The highest BCUT2D eigenvalue weighted by Crippen LogP contribution is 2.42. The Morgan fingerprint density at radius 3 is 2.51 bits per heavy atom. The number of hydrogen-bond donors (Lipinski definition) is 2. The molecule has 1 saturated heterocycles. The van der Waals surface area contributed by atoms with E-state index in [1.807, 2.05) is 24.3 Å². The minimum atomic E-state index is -1.14. The number of hydrogen-bond acceptors (Lipinski definition) is 6. The van der Waals surface area contributed by atoms with Crippen LogP contribution in [0.15, 0.2) is 60.8 Å². The molecular formula is C30H31N5O4. The van der Waals surface area contributed by atoms with Crippen molar-refractivity contribution in [2.75, 3.05) is 13.2 Å². The minimum absolute atomic E-state index is 0.0205. The Labute approximate surface area is 225 Å². The zero-order chi connectivity index (χ0) is 27.3. The molecule has 1 unspecified atom stereocenters. The van der Waals surface area contributed by atoms with E-state index < -0.39 is 11.6 Å². The van der Waals surface area contributed by atoms with Gasteiger partial charge in [0.1, 0.15) is 5.69 Å². The maximum atomic E-state index is 11.9. The van der Waals surface area contributed by atoms with Gasteiger partial charge in [-0.15, -0.1) is 5.10 Å².